The number of hydrogen-bond acceptors (Lipinski definition) is 2. The van der Waals surface area contributed by atoms with Gasteiger partial charge in [-0.15, -0.1) is 0 Å². The third kappa shape index (κ3) is 1.34. The van der Waals surface area contributed by atoms with Crippen molar-refractivity contribution in [2.45, 2.75) is 6.61 Å². The summed E-state index contributed by atoms with van der Waals surface area (Å²) in [5.74, 6) is 2.61. The van der Waals surface area contributed by atoms with Gasteiger partial charge in [0.2, 0.25) is 0 Å². The normalized spacial score (nSPS) is 13.8. The van der Waals surface area contributed by atoms with Crippen molar-refractivity contribution in [3.63, 3.8) is 0 Å². The molecule has 3 heteroatoms. The van der Waals surface area contributed by atoms with E-state index in [0.717, 1.165) is 22.2 Å². The van der Waals surface area contributed by atoms with Crippen molar-refractivity contribution in [1.29, 1.82) is 0 Å². The second-order valence-corrected chi connectivity index (χ2v) is 4.97. The number of rotatable bonds is 0. The molecule has 1 aromatic carbocycles. The summed E-state index contributed by atoms with van der Waals surface area (Å²) in [7, 11) is -1.38. The fraction of sp³-hybridized carbons (Fsp3) is 0.0833. The van der Waals surface area contributed by atoms with E-state index in [1.807, 2.05) is 36.4 Å². The van der Waals surface area contributed by atoms with E-state index in [2.05, 4.69) is 0 Å². The average Bonchev–Trinajstić information content (AvgIpc) is 2.29. The van der Waals surface area contributed by atoms with Crippen molar-refractivity contribution in [1.82, 2.24) is 0 Å². The first-order valence-corrected chi connectivity index (χ1v) is 6.12. The van der Waals surface area contributed by atoms with Crippen LogP contribution in [0, 0.1) is 0 Å². The van der Waals surface area contributed by atoms with Crippen molar-refractivity contribution in [2.75, 3.05) is 0 Å². The van der Waals surface area contributed by atoms with Crippen LogP contribution in [0.5, 0.6) is 5.75 Å². The summed E-state index contributed by atoms with van der Waals surface area (Å²) in [6.45, 7) is 0.447. The lowest BCUT2D eigenvalue weighted by Gasteiger charge is -2.18. The van der Waals surface area contributed by atoms with E-state index >= 15 is 0 Å². The molecular weight excluding hydrogens is 207 g/mol. The van der Waals surface area contributed by atoms with Gasteiger partial charge in [-0.05, 0) is 18.2 Å². The molecule has 0 spiro atoms. The second kappa shape index (κ2) is 3.34. The lowest BCUT2D eigenvalue weighted by atomic mass is 10.0. The van der Waals surface area contributed by atoms with Crippen molar-refractivity contribution in [3.05, 3.63) is 47.5 Å². The first kappa shape index (κ1) is 8.90. The molecule has 0 amide bonds. The molecule has 15 heavy (non-hydrogen) atoms. The fourth-order valence-corrected chi connectivity index (χ4v) is 2.92. The molecule has 0 N–H and O–H groups in total. The molecule has 0 fully saturated rings. The second-order valence-electron chi connectivity index (χ2n) is 3.48. The van der Waals surface area contributed by atoms with Gasteiger partial charge in [0.05, 0.1) is 7.76 Å². The van der Waals surface area contributed by atoms with Crippen LogP contribution in [0.4, 0.5) is 0 Å². The lowest BCUT2D eigenvalue weighted by Crippen LogP contribution is -2.06. The Labute approximate surface area is 88.9 Å². The predicted molar refractivity (Wildman–Crippen MR) is 58.7 cm³/mol. The van der Waals surface area contributed by atoms with Crippen LogP contribution in [-0.2, 0) is 6.61 Å². The summed E-state index contributed by atoms with van der Waals surface area (Å²) in [5.41, 5.74) is 2.12. The molecule has 74 valence electrons. The Kier molecular flexibility index (Phi) is 1.98. The van der Waals surface area contributed by atoms with E-state index in [1.54, 1.807) is 5.80 Å². The Morgan fingerprint density at radius 1 is 1.07 bits per heavy atom. The number of para-hydroxylation sites is 1. The molecule has 0 bridgehead atoms. The standard InChI is InChI=1S/C12H9O2P/c13-15-7-3-5-10-9-4-1-2-6-11(9)14-8-12(10)15/h1-7H,8H2. The Morgan fingerprint density at radius 3 is 2.80 bits per heavy atom. The third-order valence-electron chi connectivity index (χ3n) is 2.60. The average molecular weight is 216 g/mol. The summed E-state index contributed by atoms with van der Waals surface area (Å²) in [6, 6.07) is 11.7. The molecule has 0 saturated heterocycles. The topological polar surface area (TPSA) is 32.3 Å². The molecule has 0 aliphatic carbocycles. The Morgan fingerprint density at radius 2 is 1.87 bits per heavy atom. The minimum absolute atomic E-state index is 0.447. The van der Waals surface area contributed by atoms with Gasteiger partial charge < -0.3 is 9.63 Å². The van der Waals surface area contributed by atoms with Crippen LogP contribution in [-0.4, -0.2) is 0 Å². The zero-order valence-electron chi connectivity index (χ0n) is 8.01. The number of fused-ring (bicyclic) bond motifs is 3. The van der Waals surface area contributed by atoms with E-state index in [-0.39, 0.29) is 0 Å². The summed E-state index contributed by atoms with van der Waals surface area (Å²) in [4.78, 5) is 11.7. The molecule has 1 atom stereocenters. The zero-order valence-corrected chi connectivity index (χ0v) is 8.91. The van der Waals surface area contributed by atoms with Gasteiger partial charge in [-0.25, -0.2) is 0 Å². The minimum atomic E-state index is -1.38. The monoisotopic (exact) mass is 216 g/mol. The highest BCUT2D eigenvalue weighted by atomic mass is 31.1. The molecular formula is C12H9O2P. The number of ether oxygens (including phenoxy) is 1. The number of hydrogen-bond donors (Lipinski definition) is 0. The molecule has 2 heterocycles. The van der Waals surface area contributed by atoms with Crippen LogP contribution < -0.4 is 9.63 Å². The van der Waals surface area contributed by atoms with Gasteiger partial charge >= 0.3 is 0 Å². The van der Waals surface area contributed by atoms with Gasteiger partial charge in [0.25, 0.3) is 0 Å². The quantitative estimate of drug-likeness (QED) is 0.678. The maximum absolute atomic E-state index is 11.7. The van der Waals surface area contributed by atoms with Gasteiger partial charge in [-0.2, -0.15) is 0 Å². The highest BCUT2D eigenvalue weighted by molar-refractivity contribution is 7.42. The SMILES string of the molecule is [O-][p+]1cccc2c1COc1ccccc1-2. The van der Waals surface area contributed by atoms with Crippen LogP contribution in [0.25, 0.3) is 11.1 Å². The van der Waals surface area contributed by atoms with Crippen LogP contribution in [0.15, 0.2) is 42.2 Å². The molecule has 1 aromatic heterocycles. The summed E-state index contributed by atoms with van der Waals surface area (Å²) >= 11 is 0. The van der Waals surface area contributed by atoms with Gasteiger partial charge in [0.15, 0.2) is 11.9 Å². The van der Waals surface area contributed by atoms with E-state index in [1.165, 1.54) is 0 Å². The van der Waals surface area contributed by atoms with E-state index < -0.39 is 7.76 Å². The van der Waals surface area contributed by atoms with Crippen molar-refractivity contribution >= 4 is 7.76 Å². The van der Waals surface area contributed by atoms with Crippen molar-refractivity contribution < 1.29 is 9.63 Å². The Hall–Kier alpha value is -1.37. The zero-order chi connectivity index (χ0) is 10.3. The minimum Gasteiger partial charge on any atom is -0.626 e. The largest absolute Gasteiger partial charge is 0.626 e. The lowest BCUT2D eigenvalue weighted by molar-refractivity contribution is -0.151. The fourth-order valence-electron chi connectivity index (χ4n) is 1.87. The van der Waals surface area contributed by atoms with Crippen molar-refractivity contribution in [3.8, 4) is 16.9 Å². The van der Waals surface area contributed by atoms with E-state index in [0.29, 0.717) is 6.61 Å². The van der Waals surface area contributed by atoms with Crippen LogP contribution in [0.3, 0.4) is 0 Å². The molecule has 1 aliphatic heterocycles. The molecule has 1 aliphatic rings. The summed E-state index contributed by atoms with van der Waals surface area (Å²) < 4.78 is 5.57. The molecule has 0 radical (unpaired) electrons. The molecule has 0 saturated carbocycles. The number of benzene rings is 1. The highest BCUT2D eigenvalue weighted by Gasteiger charge is 2.21. The van der Waals surface area contributed by atoms with Gasteiger partial charge in [-0.3, -0.25) is 0 Å². The summed E-state index contributed by atoms with van der Waals surface area (Å²) in [6.07, 6.45) is 0. The smallest absolute Gasteiger partial charge is 0.167 e. The molecule has 3 rings (SSSR count). The first-order chi connectivity index (χ1) is 7.36. The summed E-state index contributed by atoms with van der Waals surface area (Å²) in [5, 5.41) is 0.909. The van der Waals surface area contributed by atoms with Gasteiger partial charge in [-0.1, -0.05) is 18.2 Å². The van der Waals surface area contributed by atoms with Crippen LogP contribution in [0.1, 0.15) is 5.30 Å². The van der Waals surface area contributed by atoms with Gasteiger partial charge in [0.1, 0.15) is 11.5 Å². The Balaban J connectivity index is 2.30. The van der Waals surface area contributed by atoms with Crippen LogP contribution >= 0.6 is 7.76 Å². The maximum Gasteiger partial charge on any atom is 0.167 e. The highest BCUT2D eigenvalue weighted by Crippen LogP contribution is 2.42. The molecule has 2 nitrogen and oxygen atoms in total. The third-order valence-corrected chi connectivity index (χ3v) is 3.95. The Bertz CT molecular complexity index is 523. The van der Waals surface area contributed by atoms with Crippen molar-refractivity contribution in [2.24, 2.45) is 0 Å². The molecule has 2 aromatic rings. The van der Waals surface area contributed by atoms with Crippen LogP contribution in [0.2, 0.25) is 0 Å². The maximum atomic E-state index is 11.7. The van der Waals surface area contributed by atoms with Gasteiger partial charge in [0, 0.05) is 11.1 Å². The van der Waals surface area contributed by atoms with E-state index in [4.69, 9.17) is 4.74 Å². The molecule has 1 unspecified atom stereocenters. The predicted octanol–water partition coefficient (Wildman–Crippen LogP) is 2.64. The first-order valence-electron chi connectivity index (χ1n) is 4.79. The van der Waals surface area contributed by atoms with E-state index in [9.17, 15) is 4.89 Å².